The molecular weight excluding hydrogens is 325 g/mol. The first-order valence-electron chi connectivity index (χ1n) is 8.47. The van der Waals surface area contributed by atoms with Gasteiger partial charge in [0.2, 0.25) is 5.91 Å². The van der Waals surface area contributed by atoms with Crippen molar-refractivity contribution in [3.8, 4) is 5.75 Å². The fraction of sp³-hybridized carbons (Fsp3) is 0.500. The Morgan fingerprint density at radius 1 is 1.36 bits per heavy atom. The van der Waals surface area contributed by atoms with Crippen molar-refractivity contribution >= 4 is 19.0 Å². The van der Waals surface area contributed by atoms with Crippen LogP contribution in [0.3, 0.4) is 0 Å². The largest absolute Gasteiger partial charge is 0.547 e. The van der Waals surface area contributed by atoms with E-state index >= 15 is 0 Å². The Morgan fingerprint density at radius 2 is 2.20 bits per heavy atom. The van der Waals surface area contributed by atoms with Gasteiger partial charge in [-0.15, -0.1) is 0 Å². The second kappa shape index (κ2) is 7.86. The predicted octanol–water partition coefficient (Wildman–Crippen LogP) is -0.880. The Labute approximate surface area is 146 Å². The molecule has 2 aliphatic rings. The number of amides is 1. The second-order valence-corrected chi connectivity index (χ2v) is 6.37. The molecule has 0 aliphatic carbocycles. The van der Waals surface area contributed by atoms with Crippen LogP contribution in [0.1, 0.15) is 22.3 Å². The summed E-state index contributed by atoms with van der Waals surface area (Å²) in [6.07, 6.45) is 1.32. The van der Waals surface area contributed by atoms with Crippen molar-refractivity contribution in [1.29, 1.82) is 0 Å². The van der Waals surface area contributed by atoms with Crippen LogP contribution in [-0.4, -0.2) is 72.7 Å². The number of fused-ring (bicyclic) bond motifs is 1. The van der Waals surface area contributed by atoms with Crippen molar-refractivity contribution in [1.82, 2.24) is 15.5 Å². The zero-order valence-electron chi connectivity index (χ0n) is 13.9. The van der Waals surface area contributed by atoms with Crippen LogP contribution in [0, 0.1) is 0 Å². The Balaban J connectivity index is 1.63. The third-order valence-corrected chi connectivity index (χ3v) is 4.50. The average molecular weight is 347 g/mol. The Morgan fingerprint density at radius 3 is 3.00 bits per heavy atom. The van der Waals surface area contributed by atoms with Crippen molar-refractivity contribution in [2.75, 3.05) is 32.7 Å². The molecule has 0 radical (unpaired) electrons. The third kappa shape index (κ3) is 4.30. The zero-order valence-corrected chi connectivity index (χ0v) is 13.9. The number of carboxylic acids is 1. The van der Waals surface area contributed by atoms with Gasteiger partial charge in [-0.05, 0) is 37.6 Å². The molecule has 2 heterocycles. The summed E-state index contributed by atoms with van der Waals surface area (Å²) in [5, 5.41) is 25.5. The first-order chi connectivity index (χ1) is 12.0. The highest BCUT2D eigenvalue weighted by molar-refractivity contribution is 6.47. The molecule has 8 nitrogen and oxygen atoms in total. The minimum absolute atomic E-state index is 0.0124. The van der Waals surface area contributed by atoms with Gasteiger partial charge < -0.3 is 25.4 Å². The molecule has 1 atom stereocenters. The van der Waals surface area contributed by atoms with Gasteiger partial charge in [0, 0.05) is 13.1 Å². The Kier molecular flexibility index (Phi) is 5.57. The lowest BCUT2D eigenvalue weighted by Gasteiger charge is -2.29. The summed E-state index contributed by atoms with van der Waals surface area (Å²) in [5.41, 5.74) is 0.674. The van der Waals surface area contributed by atoms with Gasteiger partial charge in [0.05, 0.1) is 18.0 Å². The number of aromatic carboxylic acids is 1. The molecule has 4 N–H and O–H groups in total. The van der Waals surface area contributed by atoms with Crippen LogP contribution in [0.5, 0.6) is 5.75 Å². The van der Waals surface area contributed by atoms with Crippen LogP contribution in [0.25, 0.3) is 0 Å². The lowest BCUT2D eigenvalue weighted by atomic mass is 9.72. The Hall–Kier alpha value is -2.10. The first kappa shape index (κ1) is 17.7. The van der Waals surface area contributed by atoms with Gasteiger partial charge in [-0.2, -0.15) is 0 Å². The molecule has 0 aromatic heterocycles. The van der Waals surface area contributed by atoms with E-state index in [9.17, 15) is 19.7 Å². The molecule has 2 aliphatic heterocycles. The van der Waals surface area contributed by atoms with Crippen molar-refractivity contribution in [2.45, 2.75) is 18.8 Å². The van der Waals surface area contributed by atoms with E-state index in [0.29, 0.717) is 12.0 Å². The van der Waals surface area contributed by atoms with Gasteiger partial charge in [-0.25, -0.2) is 4.79 Å². The minimum Gasteiger partial charge on any atom is -0.534 e. The molecule has 9 heteroatoms. The maximum Gasteiger partial charge on any atom is 0.547 e. The minimum atomic E-state index is -1.28. The van der Waals surface area contributed by atoms with Crippen LogP contribution in [0.15, 0.2) is 18.2 Å². The fourth-order valence-corrected chi connectivity index (χ4v) is 3.23. The van der Waals surface area contributed by atoms with Gasteiger partial charge in [0.15, 0.2) is 0 Å². The molecular formula is C16H22BN3O5. The van der Waals surface area contributed by atoms with Gasteiger partial charge >= 0.3 is 13.1 Å². The standard InChI is InChI=1S/C16H22BN3O5/c21-14(10-20-7-2-5-18-6-8-20)19-13-9-11-3-1-4-12(16(22)23)15(11)25-17(13)24/h1,3-4,13,18,24H,2,5-10H2,(H,19,21)(H,22,23)/t13-/m0/s1. The molecule has 134 valence electrons. The number of hydrogen-bond donors (Lipinski definition) is 4. The summed E-state index contributed by atoms with van der Waals surface area (Å²) >= 11 is 0. The maximum atomic E-state index is 12.3. The molecule has 0 spiro atoms. The van der Waals surface area contributed by atoms with E-state index in [1.807, 2.05) is 0 Å². The number of rotatable bonds is 4. The van der Waals surface area contributed by atoms with E-state index < -0.39 is 19.0 Å². The van der Waals surface area contributed by atoms with E-state index in [1.165, 1.54) is 6.07 Å². The summed E-state index contributed by atoms with van der Waals surface area (Å²) in [5.74, 6) is -1.71. The van der Waals surface area contributed by atoms with Crippen LogP contribution in [0.4, 0.5) is 0 Å². The number of carboxylic acid groups (broad SMARTS) is 1. The van der Waals surface area contributed by atoms with Crippen LogP contribution in [-0.2, 0) is 11.2 Å². The lowest BCUT2D eigenvalue weighted by molar-refractivity contribution is -0.122. The molecule has 1 amide bonds. The molecule has 25 heavy (non-hydrogen) atoms. The van der Waals surface area contributed by atoms with E-state index in [0.717, 1.165) is 32.6 Å². The first-order valence-corrected chi connectivity index (χ1v) is 8.47. The quantitative estimate of drug-likeness (QED) is 0.524. The van der Waals surface area contributed by atoms with E-state index in [1.54, 1.807) is 12.1 Å². The summed E-state index contributed by atoms with van der Waals surface area (Å²) in [4.78, 5) is 25.6. The zero-order chi connectivity index (χ0) is 17.8. The molecule has 0 unspecified atom stereocenters. The van der Waals surface area contributed by atoms with Crippen molar-refractivity contribution < 1.29 is 24.4 Å². The van der Waals surface area contributed by atoms with Gasteiger partial charge in [0.1, 0.15) is 5.75 Å². The molecule has 3 rings (SSSR count). The number of para-hydroxylation sites is 1. The molecule has 1 fully saturated rings. The van der Waals surface area contributed by atoms with Crippen molar-refractivity contribution in [3.05, 3.63) is 29.3 Å². The second-order valence-electron chi connectivity index (χ2n) is 6.37. The third-order valence-electron chi connectivity index (χ3n) is 4.50. The summed E-state index contributed by atoms with van der Waals surface area (Å²) < 4.78 is 5.38. The smallest absolute Gasteiger partial charge is 0.534 e. The lowest BCUT2D eigenvalue weighted by Crippen LogP contribution is -2.55. The highest BCUT2D eigenvalue weighted by atomic mass is 16.5. The summed E-state index contributed by atoms with van der Waals surface area (Å²) in [6, 6.07) is 4.81. The molecule has 0 saturated carbocycles. The summed E-state index contributed by atoms with van der Waals surface area (Å²) in [6.45, 7) is 3.74. The number of carbonyl (C=O) groups is 2. The topological polar surface area (TPSA) is 111 Å². The van der Waals surface area contributed by atoms with E-state index in [4.69, 9.17) is 4.65 Å². The fourth-order valence-electron chi connectivity index (χ4n) is 3.23. The van der Waals surface area contributed by atoms with Crippen LogP contribution < -0.4 is 15.3 Å². The molecule has 1 saturated heterocycles. The molecule has 1 aromatic carbocycles. The highest BCUT2D eigenvalue weighted by Crippen LogP contribution is 2.30. The normalized spacial score (nSPS) is 21.0. The summed E-state index contributed by atoms with van der Waals surface area (Å²) in [7, 11) is -1.28. The van der Waals surface area contributed by atoms with Gasteiger partial charge in [0.25, 0.3) is 0 Å². The average Bonchev–Trinajstić information content (AvgIpc) is 2.83. The highest BCUT2D eigenvalue weighted by Gasteiger charge is 2.37. The van der Waals surface area contributed by atoms with E-state index in [2.05, 4.69) is 15.5 Å². The van der Waals surface area contributed by atoms with Crippen molar-refractivity contribution in [2.24, 2.45) is 0 Å². The SMILES string of the molecule is O=C(CN1CCCNCC1)N[C@H]1Cc2cccc(C(=O)O)c2OB1O. The predicted molar refractivity (Wildman–Crippen MR) is 91.6 cm³/mol. The van der Waals surface area contributed by atoms with Crippen molar-refractivity contribution in [3.63, 3.8) is 0 Å². The molecule has 1 aromatic rings. The number of hydrogen-bond acceptors (Lipinski definition) is 6. The number of nitrogens with zero attached hydrogens (tertiary/aromatic N) is 1. The number of benzene rings is 1. The monoisotopic (exact) mass is 347 g/mol. The maximum absolute atomic E-state index is 12.3. The van der Waals surface area contributed by atoms with Gasteiger partial charge in [-0.3, -0.25) is 9.69 Å². The molecule has 0 bridgehead atoms. The number of carbonyl (C=O) groups excluding carboxylic acids is 1. The van der Waals surface area contributed by atoms with Crippen LogP contribution >= 0.6 is 0 Å². The number of nitrogens with one attached hydrogen (secondary N) is 2. The Bertz CT molecular complexity index is 649. The van der Waals surface area contributed by atoms with E-state index in [-0.39, 0.29) is 23.8 Å². The van der Waals surface area contributed by atoms with Crippen LogP contribution in [0.2, 0.25) is 0 Å². The van der Waals surface area contributed by atoms with Gasteiger partial charge in [-0.1, -0.05) is 12.1 Å².